The molecule has 0 aromatic carbocycles. The number of hydrogen-bond donors (Lipinski definition) is 1. The zero-order valence-corrected chi connectivity index (χ0v) is 15.0. The van der Waals surface area contributed by atoms with Crippen LogP contribution in [0.3, 0.4) is 0 Å². The second kappa shape index (κ2) is 6.76. The summed E-state index contributed by atoms with van der Waals surface area (Å²) >= 11 is 0.961. The van der Waals surface area contributed by atoms with Gasteiger partial charge in [0, 0.05) is 25.8 Å². The minimum absolute atomic E-state index is 0.134. The number of piperidine rings is 1. The number of nitrogens with zero attached hydrogens (tertiary/aromatic N) is 3. The second-order valence-electron chi connectivity index (χ2n) is 6.37. The van der Waals surface area contributed by atoms with Crippen LogP contribution in [0.1, 0.15) is 35.1 Å². The summed E-state index contributed by atoms with van der Waals surface area (Å²) in [5.41, 5.74) is 1.31. The monoisotopic (exact) mass is 346 g/mol. The molecule has 6 nitrogen and oxygen atoms in total. The highest BCUT2D eigenvalue weighted by Gasteiger charge is 2.18. The largest absolute Gasteiger partial charge is 0.357 e. The van der Waals surface area contributed by atoms with Gasteiger partial charge in [0.15, 0.2) is 0 Å². The van der Waals surface area contributed by atoms with E-state index in [4.69, 9.17) is 0 Å². The van der Waals surface area contributed by atoms with Gasteiger partial charge in [-0.15, -0.1) is 0 Å². The van der Waals surface area contributed by atoms with Gasteiger partial charge in [-0.05, 0) is 37.8 Å². The standard InChI is InChI=1S/C17H22N4O2S/c1-11-6-8-21(9-7-11)14-5-4-13(10-18-14)19-16(22)15-12(2)20(3)17(23)24-15/h4-5,10-11H,6-9H2,1-3H3,(H,19,22). The van der Waals surface area contributed by atoms with Crippen molar-refractivity contribution >= 4 is 28.7 Å². The van der Waals surface area contributed by atoms with Gasteiger partial charge in [0.25, 0.3) is 5.91 Å². The lowest BCUT2D eigenvalue weighted by Gasteiger charge is -2.31. The number of amides is 1. The van der Waals surface area contributed by atoms with Crippen LogP contribution in [0.25, 0.3) is 0 Å². The van der Waals surface area contributed by atoms with E-state index in [0.29, 0.717) is 16.3 Å². The number of rotatable bonds is 3. The number of hydrogen-bond acceptors (Lipinski definition) is 5. The van der Waals surface area contributed by atoms with Gasteiger partial charge in [-0.3, -0.25) is 9.59 Å². The van der Waals surface area contributed by atoms with Crippen molar-refractivity contribution in [1.82, 2.24) is 9.55 Å². The Morgan fingerprint density at radius 3 is 2.58 bits per heavy atom. The maximum atomic E-state index is 12.3. The predicted molar refractivity (Wildman–Crippen MR) is 97.1 cm³/mol. The van der Waals surface area contributed by atoms with Crippen LogP contribution >= 0.6 is 11.3 Å². The fraction of sp³-hybridized carbons (Fsp3) is 0.471. The number of carbonyl (C=O) groups excluding carboxylic acids is 1. The van der Waals surface area contributed by atoms with Crippen LogP contribution in [0.2, 0.25) is 0 Å². The Bertz CT molecular complexity index is 786. The summed E-state index contributed by atoms with van der Waals surface area (Å²) in [6.07, 6.45) is 4.05. The Labute approximate surface area is 145 Å². The topological polar surface area (TPSA) is 67.2 Å². The molecule has 128 valence electrons. The lowest BCUT2D eigenvalue weighted by Crippen LogP contribution is -2.33. The van der Waals surface area contributed by atoms with E-state index in [1.165, 1.54) is 17.4 Å². The van der Waals surface area contributed by atoms with Crippen molar-refractivity contribution in [1.29, 1.82) is 0 Å². The Morgan fingerprint density at radius 1 is 1.33 bits per heavy atom. The van der Waals surface area contributed by atoms with Gasteiger partial charge in [-0.25, -0.2) is 4.98 Å². The summed E-state index contributed by atoms with van der Waals surface area (Å²) in [5, 5.41) is 2.82. The quantitative estimate of drug-likeness (QED) is 0.928. The molecule has 3 rings (SSSR count). The summed E-state index contributed by atoms with van der Waals surface area (Å²) in [7, 11) is 1.67. The van der Waals surface area contributed by atoms with Crippen molar-refractivity contribution in [3.63, 3.8) is 0 Å². The first-order chi connectivity index (χ1) is 11.5. The second-order valence-corrected chi connectivity index (χ2v) is 7.33. The molecule has 0 saturated carbocycles. The van der Waals surface area contributed by atoms with Gasteiger partial charge < -0.3 is 14.8 Å². The number of aromatic nitrogens is 2. The van der Waals surface area contributed by atoms with Crippen LogP contribution in [-0.2, 0) is 7.05 Å². The van der Waals surface area contributed by atoms with Crippen molar-refractivity contribution < 1.29 is 4.79 Å². The highest BCUT2D eigenvalue weighted by Crippen LogP contribution is 2.22. The van der Waals surface area contributed by atoms with E-state index in [1.807, 2.05) is 12.1 Å². The smallest absolute Gasteiger partial charge is 0.307 e. The average Bonchev–Trinajstić information content (AvgIpc) is 2.84. The van der Waals surface area contributed by atoms with Crippen LogP contribution < -0.4 is 15.1 Å². The van der Waals surface area contributed by atoms with Gasteiger partial charge in [-0.1, -0.05) is 18.3 Å². The zero-order chi connectivity index (χ0) is 17.3. The third kappa shape index (κ3) is 3.36. The molecule has 0 bridgehead atoms. The van der Waals surface area contributed by atoms with Crippen molar-refractivity contribution in [3.8, 4) is 0 Å². The summed E-state index contributed by atoms with van der Waals surface area (Å²) in [6, 6.07) is 3.80. The van der Waals surface area contributed by atoms with E-state index in [-0.39, 0.29) is 10.8 Å². The van der Waals surface area contributed by atoms with Crippen molar-refractivity contribution in [3.05, 3.63) is 38.6 Å². The Morgan fingerprint density at radius 2 is 2.04 bits per heavy atom. The molecule has 24 heavy (non-hydrogen) atoms. The molecule has 1 N–H and O–H groups in total. The van der Waals surface area contributed by atoms with Crippen LogP contribution in [0, 0.1) is 12.8 Å². The van der Waals surface area contributed by atoms with Crippen molar-refractivity contribution in [2.75, 3.05) is 23.3 Å². The van der Waals surface area contributed by atoms with Gasteiger partial charge in [0.05, 0.1) is 11.9 Å². The molecule has 0 unspecified atom stereocenters. The number of nitrogens with one attached hydrogen (secondary N) is 1. The van der Waals surface area contributed by atoms with E-state index in [2.05, 4.69) is 22.1 Å². The molecule has 1 amide bonds. The van der Waals surface area contributed by atoms with Gasteiger partial charge in [0.1, 0.15) is 10.7 Å². The zero-order valence-electron chi connectivity index (χ0n) is 14.2. The minimum atomic E-state index is -0.267. The molecule has 0 radical (unpaired) electrons. The molecule has 7 heteroatoms. The number of pyridine rings is 1. The normalized spacial score (nSPS) is 15.5. The molecule has 2 aromatic rings. The molecular formula is C17H22N4O2S. The number of thiazole rings is 1. The van der Waals surface area contributed by atoms with Crippen LogP contribution in [0.4, 0.5) is 11.5 Å². The fourth-order valence-corrected chi connectivity index (χ4v) is 3.68. The Kier molecular flexibility index (Phi) is 4.71. The third-order valence-corrected chi connectivity index (χ3v) is 5.75. The molecule has 0 atom stereocenters. The minimum Gasteiger partial charge on any atom is -0.357 e. The van der Waals surface area contributed by atoms with Crippen molar-refractivity contribution in [2.45, 2.75) is 26.7 Å². The molecule has 1 saturated heterocycles. The van der Waals surface area contributed by atoms with E-state index in [0.717, 1.165) is 36.2 Å². The first-order valence-corrected chi connectivity index (χ1v) is 8.96. The molecule has 1 aliphatic rings. The van der Waals surface area contributed by atoms with Gasteiger partial charge in [-0.2, -0.15) is 0 Å². The molecule has 1 fully saturated rings. The Balaban J connectivity index is 1.69. The highest BCUT2D eigenvalue weighted by atomic mass is 32.1. The summed E-state index contributed by atoms with van der Waals surface area (Å²) in [5.74, 6) is 1.46. The fourth-order valence-electron chi connectivity index (χ4n) is 2.80. The molecule has 0 spiro atoms. The Hall–Kier alpha value is -2.15. The third-order valence-electron chi connectivity index (χ3n) is 4.61. The van der Waals surface area contributed by atoms with Gasteiger partial charge >= 0.3 is 4.87 Å². The highest BCUT2D eigenvalue weighted by molar-refractivity contribution is 7.11. The van der Waals surface area contributed by atoms with E-state index >= 15 is 0 Å². The van der Waals surface area contributed by atoms with Gasteiger partial charge in [0.2, 0.25) is 0 Å². The number of anilines is 2. The summed E-state index contributed by atoms with van der Waals surface area (Å²) < 4.78 is 1.48. The molecule has 2 aromatic heterocycles. The summed E-state index contributed by atoms with van der Waals surface area (Å²) in [6.45, 7) is 6.10. The molecule has 1 aliphatic heterocycles. The van der Waals surface area contributed by atoms with Crippen molar-refractivity contribution in [2.24, 2.45) is 13.0 Å². The molecule has 0 aliphatic carbocycles. The average molecular weight is 346 g/mol. The van der Waals surface area contributed by atoms with Crippen LogP contribution in [0.15, 0.2) is 23.1 Å². The lowest BCUT2D eigenvalue weighted by molar-refractivity contribution is 0.102. The number of carbonyl (C=O) groups is 1. The van der Waals surface area contributed by atoms with E-state index < -0.39 is 0 Å². The maximum Gasteiger partial charge on any atom is 0.307 e. The molecular weight excluding hydrogens is 324 g/mol. The first kappa shape index (κ1) is 16.7. The maximum absolute atomic E-state index is 12.3. The van der Waals surface area contributed by atoms with Crippen LogP contribution in [-0.4, -0.2) is 28.5 Å². The molecule has 3 heterocycles. The SMILES string of the molecule is Cc1c(C(=O)Nc2ccc(N3CCC(C)CC3)nc2)sc(=O)n1C. The first-order valence-electron chi connectivity index (χ1n) is 8.14. The van der Waals surface area contributed by atoms with E-state index in [9.17, 15) is 9.59 Å². The van der Waals surface area contributed by atoms with E-state index in [1.54, 1.807) is 20.2 Å². The lowest BCUT2D eigenvalue weighted by atomic mass is 9.99. The summed E-state index contributed by atoms with van der Waals surface area (Å²) in [4.78, 5) is 31.0. The van der Waals surface area contributed by atoms with Crippen LogP contribution in [0.5, 0.6) is 0 Å². The predicted octanol–water partition coefficient (Wildman–Crippen LogP) is 2.64.